The molecule has 10 heteroatoms. The molecule has 1 aromatic carbocycles. The maximum atomic E-state index is 13.9. The molecule has 0 saturated carbocycles. The molecule has 2 N–H and O–H groups in total. The number of fused-ring (bicyclic) bond motifs is 1. The van der Waals surface area contributed by atoms with Gasteiger partial charge in [0.15, 0.2) is 0 Å². The molecule has 2 aliphatic heterocycles. The predicted molar refractivity (Wildman–Crippen MR) is 140 cm³/mol. The Balaban J connectivity index is 1.69. The van der Waals surface area contributed by atoms with E-state index in [1.807, 2.05) is 0 Å². The Morgan fingerprint density at radius 1 is 1.22 bits per heavy atom. The quantitative estimate of drug-likeness (QED) is 0.602. The predicted octanol–water partition coefficient (Wildman–Crippen LogP) is 4.08. The van der Waals surface area contributed by atoms with E-state index in [2.05, 4.69) is 11.9 Å². The zero-order chi connectivity index (χ0) is 26.9. The van der Waals surface area contributed by atoms with Gasteiger partial charge in [-0.05, 0) is 57.9 Å². The number of likely N-dealkylation sites (tertiary alicyclic amines) is 1. The number of nitrogens with zero attached hydrogens (tertiary/aromatic N) is 3. The van der Waals surface area contributed by atoms with E-state index in [4.69, 9.17) is 21.3 Å². The Hall–Kier alpha value is -2.91. The lowest BCUT2D eigenvalue weighted by molar-refractivity contribution is -0.139. The first-order valence-corrected chi connectivity index (χ1v) is 13.2. The Bertz CT molecular complexity index is 1210. The molecular weight excluding hydrogens is 496 g/mol. The number of H-pyrrole nitrogens is 1. The first-order chi connectivity index (χ1) is 17.5. The Kier molecular flexibility index (Phi) is 7.94. The van der Waals surface area contributed by atoms with E-state index in [-0.39, 0.29) is 24.4 Å². The van der Waals surface area contributed by atoms with Crippen LogP contribution in [-0.4, -0.2) is 67.7 Å². The molecule has 37 heavy (non-hydrogen) atoms. The molecule has 1 aromatic heterocycles. The molecule has 3 atom stereocenters. The molecule has 1 unspecified atom stereocenters. The molecule has 2 aliphatic rings. The summed E-state index contributed by atoms with van der Waals surface area (Å²) in [5, 5.41) is 10.9. The van der Waals surface area contributed by atoms with Gasteiger partial charge in [-0.3, -0.25) is 14.5 Å². The molecule has 0 bridgehead atoms. The smallest absolute Gasteiger partial charge is 0.411 e. The summed E-state index contributed by atoms with van der Waals surface area (Å²) in [6, 6.07) is 5.79. The number of nitrogens with one attached hydrogen (secondary N) is 1. The van der Waals surface area contributed by atoms with Crippen molar-refractivity contribution in [3.05, 3.63) is 50.9 Å². The van der Waals surface area contributed by atoms with Crippen LogP contribution in [0.1, 0.15) is 70.7 Å². The van der Waals surface area contributed by atoms with Crippen LogP contribution in [0.15, 0.2) is 29.1 Å². The molecule has 3 heterocycles. The van der Waals surface area contributed by atoms with E-state index in [9.17, 15) is 19.5 Å². The molecule has 9 nitrogen and oxygen atoms in total. The van der Waals surface area contributed by atoms with Crippen molar-refractivity contribution in [2.75, 3.05) is 13.1 Å². The second kappa shape index (κ2) is 10.8. The molecule has 0 spiro atoms. The average molecular weight is 531 g/mol. The SMILES string of the molecule is CCCCC1c2nc(-c3ccc(Cl)cc3)[nH]c(=O)c2CCN1C(=O)[C@@H]1C[C@@H](O)CN1C(=O)OC(C)(C)C. The highest BCUT2D eigenvalue weighted by molar-refractivity contribution is 6.30. The number of β-amino-alcohol motifs (C(OH)–C–C–N with tert-alkyl or cyclic N) is 1. The molecular formula is C27H35ClN4O5. The summed E-state index contributed by atoms with van der Waals surface area (Å²) in [5.41, 5.74) is 0.948. The number of ether oxygens (including phenoxy) is 1. The van der Waals surface area contributed by atoms with Gasteiger partial charge in [-0.1, -0.05) is 31.4 Å². The van der Waals surface area contributed by atoms with Crippen molar-refractivity contribution >= 4 is 23.6 Å². The molecule has 0 aliphatic carbocycles. The normalized spacial score (nSPS) is 21.6. The second-order valence-electron chi connectivity index (χ2n) is 10.8. The first-order valence-electron chi connectivity index (χ1n) is 12.9. The van der Waals surface area contributed by atoms with Crippen LogP contribution in [0.2, 0.25) is 5.02 Å². The van der Waals surface area contributed by atoms with Gasteiger partial charge in [0.05, 0.1) is 24.4 Å². The fourth-order valence-corrected chi connectivity index (χ4v) is 5.15. The van der Waals surface area contributed by atoms with Crippen LogP contribution in [0.5, 0.6) is 0 Å². The fraction of sp³-hybridized carbons (Fsp3) is 0.556. The number of unbranched alkanes of at least 4 members (excludes halogenated alkanes) is 1. The summed E-state index contributed by atoms with van der Waals surface area (Å²) in [4.78, 5) is 50.7. The van der Waals surface area contributed by atoms with E-state index in [1.165, 1.54) is 4.90 Å². The van der Waals surface area contributed by atoms with Crippen molar-refractivity contribution in [3.63, 3.8) is 0 Å². The maximum absolute atomic E-state index is 13.9. The standard InChI is InChI=1S/C27H35ClN4O5/c1-5-6-7-20-22-19(24(34)30-23(29-22)16-8-10-17(28)11-9-16)12-13-31(20)25(35)21-14-18(33)15-32(21)26(36)37-27(2,3)4/h8-11,18,20-21,33H,5-7,12-15H2,1-4H3,(H,29,30,34)/t18-,20?,21+/m1/s1. The van der Waals surface area contributed by atoms with Gasteiger partial charge in [0, 0.05) is 29.1 Å². The van der Waals surface area contributed by atoms with Crippen molar-refractivity contribution in [2.24, 2.45) is 0 Å². The first kappa shape index (κ1) is 27.1. The molecule has 2 aromatic rings. The third-order valence-electron chi connectivity index (χ3n) is 6.77. The molecule has 200 valence electrons. The number of carbonyl (C=O) groups excluding carboxylic acids is 2. The number of hydrogen-bond acceptors (Lipinski definition) is 6. The zero-order valence-electron chi connectivity index (χ0n) is 21.8. The summed E-state index contributed by atoms with van der Waals surface area (Å²) in [7, 11) is 0. The number of carbonyl (C=O) groups is 2. The average Bonchev–Trinajstić information content (AvgIpc) is 3.23. The lowest BCUT2D eigenvalue weighted by atomic mass is 9.93. The van der Waals surface area contributed by atoms with Gasteiger partial charge in [-0.2, -0.15) is 0 Å². The van der Waals surface area contributed by atoms with Crippen LogP contribution in [0, 0.1) is 0 Å². The van der Waals surface area contributed by atoms with Crippen molar-refractivity contribution in [2.45, 2.75) is 83.6 Å². The van der Waals surface area contributed by atoms with Crippen LogP contribution in [0.3, 0.4) is 0 Å². The fourth-order valence-electron chi connectivity index (χ4n) is 5.03. The zero-order valence-corrected chi connectivity index (χ0v) is 22.5. The maximum Gasteiger partial charge on any atom is 0.411 e. The number of amides is 2. The van der Waals surface area contributed by atoms with E-state index >= 15 is 0 Å². The number of hydrogen-bond donors (Lipinski definition) is 2. The van der Waals surface area contributed by atoms with Gasteiger partial charge >= 0.3 is 6.09 Å². The number of rotatable bonds is 5. The summed E-state index contributed by atoms with van der Waals surface area (Å²) in [6.07, 6.45) is 1.44. The Morgan fingerprint density at radius 2 is 1.92 bits per heavy atom. The highest BCUT2D eigenvalue weighted by atomic mass is 35.5. The second-order valence-corrected chi connectivity index (χ2v) is 11.2. The Labute approximate surface area is 221 Å². The molecule has 1 saturated heterocycles. The van der Waals surface area contributed by atoms with Gasteiger partial charge < -0.3 is 19.7 Å². The minimum atomic E-state index is -0.840. The van der Waals surface area contributed by atoms with Gasteiger partial charge in [0.25, 0.3) is 5.56 Å². The number of benzene rings is 1. The summed E-state index contributed by atoms with van der Waals surface area (Å²) >= 11 is 6.03. The monoisotopic (exact) mass is 530 g/mol. The van der Waals surface area contributed by atoms with Crippen molar-refractivity contribution < 1.29 is 19.4 Å². The molecule has 4 rings (SSSR count). The third-order valence-corrected chi connectivity index (χ3v) is 7.02. The van der Waals surface area contributed by atoms with E-state index in [1.54, 1.807) is 49.9 Å². The lowest BCUT2D eigenvalue weighted by Crippen LogP contribution is -2.52. The number of aliphatic hydroxyl groups is 1. The van der Waals surface area contributed by atoms with Crippen LogP contribution in [-0.2, 0) is 16.0 Å². The summed E-state index contributed by atoms with van der Waals surface area (Å²) in [5.74, 6) is 0.159. The highest BCUT2D eigenvalue weighted by Crippen LogP contribution is 2.34. The van der Waals surface area contributed by atoms with Crippen LogP contribution >= 0.6 is 11.6 Å². The molecule has 0 radical (unpaired) electrons. The van der Waals surface area contributed by atoms with Crippen LogP contribution in [0.4, 0.5) is 4.79 Å². The van der Waals surface area contributed by atoms with Crippen LogP contribution in [0.25, 0.3) is 11.4 Å². The third kappa shape index (κ3) is 5.99. The van der Waals surface area contributed by atoms with Gasteiger partial charge in [0.1, 0.15) is 17.5 Å². The minimum Gasteiger partial charge on any atom is -0.444 e. The largest absolute Gasteiger partial charge is 0.444 e. The molecule has 2 amide bonds. The van der Waals surface area contributed by atoms with E-state index in [0.717, 1.165) is 18.4 Å². The molecule has 1 fully saturated rings. The van der Waals surface area contributed by atoms with E-state index in [0.29, 0.717) is 41.5 Å². The Morgan fingerprint density at radius 3 is 2.57 bits per heavy atom. The van der Waals surface area contributed by atoms with Crippen molar-refractivity contribution in [3.8, 4) is 11.4 Å². The van der Waals surface area contributed by atoms with Gasteiger partial charge in [-0.25, -0.2) is 9.78 Å². The van der Waals surface area contributed by atoms with Crippen LogP contribution < -0.4 is 5.56 Å². The highest BCUT2D eigenvalue weighted by Gasteiger charge is 2.45. The topological polar surface area (TPSA) is 116 Å². The summed E-state index contributed by atoms with van der Waals surface area (Å²) in [6.45, 7) is 7.72. The van der Waals surface area contributed by atoms with Gasteiger partial charge in [-0.15, -0.1) is 0 Å². The number of halogens is 1. The van der Waals surface area contributed by atoms with Crippen molar-refractivity contribution in [1.29, 1.82) is 0 Å². The minimum absolute atomic E-state index is 0.0357. The van der Waals surface area contributed by atoms with Crippen molar-refractivity contribution in [1.82, 2.24) is 19.8 Å². The summed E-state index contributed by atoms with van der Waals surface area (Å²) < 4.78 is 5.51. The number of aliphatic hydroxyl groups excluding tert-OH is 1. The van der Waals surface area contributed by atoms with E-state index < -0.39 is 29.9 Å². The number of aromatic amines is 1. The number of aromatic nitrogens is 2. The lowest BCUT2D eigenvalue weighted by Gasteiger charge is -2.39. The van der Waals surface area contributed by atoms with Gasteiger partial charge in [0.2, 0.25) is 5.91 Å².